The number of nitrogens with one attached hydrogen (secondary N) is 2. The zero-order valence-corrected chi connectivity index (χ0v) is 19.7. The summed E-state index contributed by atoms with van der Waals surface area (Å²) in [6, 6.07) is 17.6. The van der Waals surface area contributed by atoms with Gasteiger partial charge in [-0.1, -0.05) is 26.0 Å². The van der Waals surface area contributed by atoms with E-state index in [9.17, 15) is 19.5 Å². The van der Waals surface area contributed by atoms with Crippen molar-refractivity contribution in [1.29, 1.82) is 0 Å². The molecule has 0 saturated carbocycles. The number of hydrogen-bond acceptors (Lipinski definition) is 5. The highest BCUT2D eigenvalue weighted by Crippen LogP contribution is 2.23. The van der Waals surface area contributed by atoms with Crippen molar-refractivity contribution in [3.05, 3.63) is 83.4 Å². The van der Waals surface area contributed by atoms with Crippen molar-refractivity contribution in [2.45, 2.75) is 26.7 Å². The molecule has 0 aliphatic heterocycles. The normalized spacial score (nSPS) is 10.3. The van der Waals surface area contributed by atoms with Crippen LogP contribution in [-0.4, -0.2) is 36.1 Å². The Labute approximate surface area is 203 Å². The van der Waals surface area contributed by atoms with Gasteiger partial charge in [0, 0.05) is 22.5 Å². The third-order valence-electron chi connectivity index (χ3n) is 4.83. The number of carbonyl (C=O) groups is 3. The highest BCUT2D eigenvalue weighted by molar-refractivity contribution is 6.07. The molecule has 8 nitrogen and oxygen atoms in total. The number of hydrogen-bond donors (Lipinski definition) is 3. The molecular formula is C27H28N2O6. The Hall–Kier alpha value is -4.33. The molecule has 8 heteroatoms. The molecule has 2 amide bonds. The molecule has 0 aliphatic rings. The lowest BCUT2D eigenvalue weighted by Crippen LogP contribution is -2.15. The second-order valence-corrected chi connectivity index (χ2v) is 7.77. The van der Waals surface area contributed by atoms with Crippen LogP contribution < -0.4 is 20.1 Å². The van der Waals surface area contributed by atoms with Crippen LogP contribution in [0.4, 0.5) is 11.4 Å². The summed E-state index contributed by atoms with van der Waals surface area (Å²) in [5.41, 5.74) is 1.08. The zero-order chi connectivity index (χ0) is 25.2. The van der Waals surface area contributed by atoms with E-state index in [0.29, 0.717) is 35.8 Å². The monoisotopic (exact) mass is 476 g/mol. The number of amides is 2. The van der Waals surface area contributed by atoms with E-state index in [4.69, 9.17) is 9.47 Å². The Morgan fingerprint density at radius 1 is 0.686 bits per heavy atom. The third kappa shape index (κ3) is 7.33. The summed E-state index contributed by atoms with van der Waals surface area (Å²) in [4.78, 5) is 37.2. The number of benzene rings is 3. The summed E-state index contributed by atoms with van der Waals surface area (Å²) in [7, 11) is 0. The van der Waals surface area contributed by atoms with E-state index in [0.717, 1.165) is 12.8 Å². The Balaban J connectivity index is 1.79. The fraction of sp³-hybridized carbons (Fsp3) is 0.222. The predicted molar refractivity (Wildman–Crippen MR) is 134 cm³/mol. The fourth-order valence-corrected chi connectivity index (χ4v) is 3.20. The number of carbonyl (C=O) groups excluding carboxylic acids is 2. The van der Waals surface area contributed by atoms with Gasteiger partial charge in [0.25, 0.3) is 11.8 Å². The molecule has 0 bridgehead atoms. The maximum absolute atomic E-state index is 12.8. The van der Waals surface area contributed by atoms with Crippen molar-refractivity contribution in [2.75, 3.05) is 23.8 Å². The largest absolute Gasteiger partial charge is 0.494 e. The molecule has 0 spiro atoms. The molecule has 0 aromatic heterocycles. The minimum absolute atomic E-state index is 0.0850. The molecule has 0 atom stereocenters. The summed E-state index contributed by atoms with van der Waals surface area (Å²) in [5, 5.41) is 14.9. The molecule has 3 aromatic carbocycles. The summed E-state index contributed by atoms with van der Waals surface area (Å²) < 4.78 is 11.1. The number of anilines is 2. The van der Waals surface area contributed by atoms with E-state index < -0.39 is 17.8 Å². The molecule has 3 aromatic rings. The van der Waals surface area contributed by atoms with Crippen LogP contribution in [-0.2, 0) is 0 Å². The highest BCUT2D eigenvalue weighted by Gasteiger charge is 2.14. The molecule has 3 rings (SSSR count). The van der Waals surface area contributed by atoms with Crippen LogP contribution in [0.15, 0.2) is 66.7 Å². The van der Waals surface area contributed by atoms with E-state index in [1.807, 2.05) is 13.8 Å². The summed E-state index contributed by atoms with van der Waals surface area (Å²) in [6.45, 7) is 5.03. The van der Waals surface area contributed by atoms with E-state index in [1.165, 1.54) is 18.2 Å². The molecule has 182 valence electrons. The van der Waals surface area contributed by atoms with Crippen molar-refractivity contribution in [2.24, 2.45) is 0 Å². The zero-order valence-electron chi connectivity index (χ0n) is 19.7. The number of rotatable bonds is 11. The second-order valence-electron chi connectivity index (χ2n) is 7.77. The Morgan fingerprint density at radius 3 is 1.54 bits per heavy atom. The van der Waals surface area contributed by atoms with E-state index in [2.05, 4.69) is 10.6 Å². The Bertz CT molecular complexity index is 1120. The molecule has 3 N–H and O–H groups in total. The van der Waals surface area contributed by atoms with Crippen LogP contribution in [0, 0.1) is 0 Å². The molecule has 0 radical (unpaired) electrons. The lowest BCUT2D eigenvalue weighted by atomic mass is 10.1. The molecule has 0 aliphatic carbocycles. The summed E-state index contributed by atoms with van der Waals surface area (Å²) in [5.74, 6) is -0.935. The van der Waals surface area contributed by atoms with E-state index in [1.54, 1.807) is 48.5 Å². The lowest BCUT2D eigenvalue weighted by Gasteiger charge is -2.12. The van der Waals surface area contributed by atoms with Gasteiger partial charge in [-0.2, -0.15) is 0 Å². The van der Waals surface area contributed by atoms with Crippen LogP contribution in [0.25, 0.3) is 0 Å². The summed E-state index contributed by atoms with van der Waals surface area (Å²) in [6.07, 6.45) is 1.67. The molecule has 0 heterocycles. The van der Waals surface area contributed by atoms with E-state index >= 15 is 0 Å². The number of ether oxygens (including phenoxy) is 2. The first kappa shape index (κ1) is 25.3. The average Bonchev–Trinajstić information content (AvgIpc) is 2.86. The highest BCUT2D eigenvalue weighted by atomic mass is 16.5. The van der Waals surface area contributed by atoms with Gasteiger partial charge >= 0.3 is 5.97 Å². The van der Waals surface area contributed by atoms with Gasteiger partial charge in [-0.3, -0.25) is 9.59 Å². The molecule has 0 fully saturated rings. The van der Waals surface area contributed by atoms with Crippen molar-refractivity contribution in [1.82, 2.24) is 0 Å². The standard InChI is InChI=1S/C27H28N2O6/c1-3-11-34-23-9-5-7-18(15-23)25(30)28-21-13-20(27(32)33)14-22(17-21)29-26(31)19-8-6-10-24(16-19)35-12-4-2/h5-10,13-17H,3-4,11-12H2,1-2H3,(H,28,30)(H,29,31)(H,32,33). The van der Waals surface area contributed by atoms with Gasteiger partial charge in [0.15, 0.2) is 0 Å². The van der Waals surface area contributed by atoms with Gasteiger partial charge in [-0.25, -0.2) is 4.79 Å². The quantitative estimate of drug-likeness (QED) is 0.338. The Morgan fingerprint density at radius 2 is 1.14 bits per heavy atom. The number of aromatic carboxylic acids is 1. The molecule has 0 unspecified atom stereocenters. The van der Waals surface area contributed by atoms with Crippen LogP contribution in [0.5, 0.6) is 11.5 Å². The van der Waals surface area contributed by atoms with Crippen molar-refractivity contribution >= 4 is 29.2 Å². The topological polar surface area (TPSA) is 114 Å². The van der Waals surface area contributed by atoms with Gasteiger partial charge in [-0.15, -0.1) is 0 Å². The fourth-order valence-electron chi connectivity index (χ4n) is 3.20. The third-order valence-corrected chi connectivity index (χ3v) is 4.83. The maximum atomic E-state index is 12.8. The van der Waals surface area contributed by atoms with Gasteiger partial charge < -0.3 is 25.2 Å². The van der Waals surface area contributed by atoms with Gasteiger partial charge in [-0.05, 0) is 67.4 Å². The van der Waals surface area contributed by atoms with Crippen molar-refractivity contribution < 1.29 is 29.0 Å². The van der Waals surface area contributed by atoms with Crippen molar-refractivity contribution in [3.63, 3.8) is 0 Å². The SMILES string of the molecule is CCCOc1cccc(C(=O)Nc2cc(NC(=O)c3cccc(OCCC)c3)cc(C(=O)O)c2)c1. The first-order valence-electron chi connectivity index (χ1n) is 11.4. The van der Waals surface area contributed by atoms with Crippen LogP contribution in [0.3, 0.4) is 0 Å². The molecule has 35 heavy (non-hydrogen) atoms. The molecular weight excluding hydrogens is 448 g/mol. The lowest BCUT2D eigenvalue weighted by molar-refractivity contribution is 0.0696. The number of carboxylic acid groups (broad SMARTS) is 1. The first-order valence-corrected chi connectivity index (χ1v) is 11.4. The minimum atomic E-state index is -1.19. The predicted octanol–water partition coefficient (Wildman–Crippen LogP) is 5.47. The molecule has 0 saturated heterocycles. The van der Waals surface area contributed by atoms with Crippen LogP contribution in [0.2, 0.25) is 0 Å². The summed E-state index contributed by atoms with van der Waals surface area (Å²) >= 11 is 0. The van der Waals surface area contributed by atoms with Crippen LogP contribution in [0.1, 0.15) is 57.8 Å². The Kier molecular flexibility index (Phi) is 8.83. The van der Waals surface area contributed by atoms with E-state index in [-0.39, 0.29) is 16.9 Å². The smallest absolute Gasteiger partial charge is 0.335 e. The van der Waals surface area contributed by atoms with Crippen molar-refractivity contribution in [3.8, 4) is 11.5 Å². The first-order chi connectivity index (χ1) is 16.9. The van der Waals surface area contributed by atoms with Gasteiger partial charge in [0.2, 0.25) is 0 Å². The maximum Gasteiger partial charge on any atom is 0.335 e. The average molecular weight is 477 g/mol. The minimum Gasteiger partial charge on any atom is -0.494 e. The van der Waals surface area contributed by atoms with Gasteiger partial charge in [0.05, 0.1) is 18.8 Å². The van der Waals surface area contributed by atoms with Crippen LogP contribution >= 0.6 is 0 Å². The number of carboxylic acids is 1. The second kappa shape index (κ2) is 12.2. The van der Waals surface area contributed by atoms with Gasteiger partial charge in [0.1, 0.15) is 11.5 Å².